The van der Waals surface area contributed by atoms with Crippen molar-refractivity contribution in [3.8, 4) is 6.07 Å². The Bertz CT molecular complexity index is 624. The third-order valence-corrected chi connectivity index (χ3v) is 4.43. The number of piperidine rings is 1. The molecule has 1 aromatic rings. The molecule has 118 valence electrons. The maximum Gasteiger partial charge on any atom is 0.393 e. The largest absolute Gasteiger partial charge is 0.393 e. The van der Waals surface area contributed by atoms with E-state index in [4.69, 9.17) is 5.26 Å². The van der Waals surface area contributed by atoms with Gasteiger partial charge in [-0.3, -0.25) is 4.79 Å². The molecule has 7 heteroatoms. The summed E-state index contributed by atoms with van der Waals surface area (Å²) in [5.41, 5.74) is 0.293. The molecule has 3 nitrogen and oxygen atoms in total. The van der Waals surface area contributed by atoms with Gasteiger partial charge in [-0.15, -0.1) is 0 Å². The van der Waals surface area contributed by atoms with Gasteiger partial charge in [0.05, 0.1) is 23.1 Å². The fraction of sp³-hybridized carbons (Fsp3) is 0.467. The minimum atomic E-state index is -4.31. The van der Waals surface area contributed by atoms with Crippen molar-refractivity contribution in [1.29, 1.82) is 5.26 Å². The Balaban J connectivity index is 2.30. The molecule has 1 aliphatic heterocycles. The second kappa shape index (κ2) is 6.29. The molecule has 0 N–H and O–H groups in total. The van der Waals surface area contributed by atoms with E-state index < -0.39 is 18.0 Å². The minimum absolute atomic E-state index is 0.0277. The lowest BCUT2D eigenvalue weighted by atomic mass is 9.92. The zero-order valence-electron chi connectivity index (χ0n) is 11.8. The lowest BCUT2D eigenvalue weighted by Crippen LogP contribution is -2.49. The van der Waals surface area contributed by atoms with Crippen LogP contribution in [-0.2, 0) is 0 Å². The summed E-state index contributed by atoms with van der Waals surface area (Å²) in [6.07, 6.45) is -3.98. The minimum Gasteiger partial charge on any atom is -0.335 e. The first-order valence-corrected chi connectivity index (χ1v) is 7.60. The summed E-state index contributed by atoms with van der Waals surface area (Å²) in [5.74, 6) is -2.03. The molecule has 1 heterocycles. The molecular formula is C15H14BrF3N2O. The van der Waals surface area contributed by atoms with Crippen LogP contribution in [-0.4, -0.2) is 29.6 Å². The molecule has 1 fully saturated rings. The van der Waals surface area contributed by atoms with E-state index in [-0.39, 0.29) is 30.1 Å². The molecule has 0 saturated carbocycles. The molecule has 22 heavy (non-hydrogen) atoms. The highest BCUT2D eigenvalue weighted by Crippen LogP contribution is 2.35. The second-order valence-corrected chi connectivity index (χ2v) is 6.34. The van der Waals surface area contributed by atoms with Crippen molar-refractivity contribution in [2.24, 2.45) is 5.92 Å². The van der Waals surface area contributed by atoms with Crippen LogP contribution >= 0.6 is 15.9 Å². The Morgan fingerprint density at radius 1 is 1.41 bits per heavy atom. The summed E-state index contributed by atoms with van der Waals surface area (Å²) < 4.78 is 39.4. The molecule has 1 aliphatic rings. The zero-order valence-corrected chi connectivity index (χ0v) is 13.4. The van der Waals surface area contributed by atoms with Gasteiger partial charge < -0.3 is 4.90 Å². The van der Waals surface area contributed by atoms with E-state index in [0.717, 1.165) is 0 Å². The van der Waals surface area contributed by atoms with Crippen LogP contribution in [0.25, 0.3) is 0 Å². The van der Waals surface area contributed by atoms with Crippen molar-refractivity contribution < 1.29 is 18.0 Å². The van der Waals surface area contributed by atoms with Crippen molar-refractivity contribution in [1.82, 2.24) is 4.90 Å². The van der Waals surface area contributed by atoms with E-state index in [9.17, 15) is 18.0 Å². The highest BCUT2D eigenvalue weighted by molar-refractivity contribution is 9.10. The molecule has 2 rings (SSSR count). The van der Waals surface area contributed by atoms with Gasteiger partial charge in [-0.05, 0) is 38.0 Å². The molecule has 1 amide bonds. The molecule has 0 aromatic heterocycles. The average Bonchev–Trinajstić information content (AvgIpc) is 2.45. The molecule has 0 bridgehead atoms. The second-order valence-electron chi connectivity index (χ2n) is 5.42. The van der Waals surface area contributed by atoms with E-state index in [0.29, 0.717) is 10.9 Å². The van der Waals surface area contributed by atoms with Gasteiger partial charge in [0.1, 0.15) is 0 Å². The van der Waals surface area contributed by atoms with Gasteiger partial charge >= 0.3 is 6.18 Å². The standard InChI is InChI=1S/C15H14BrF3N2O/c1-9-2-3-11(15(17,18)19)8-21(9)14(22)13-5-4-12(16)6-10(13)7-20/h4-6,9,11H,2-3,8H2,1H3. The maximum atomic E-state index is 12.9. The Morgan fingerprint density at radius 3 is 2.68 bits per heavy atom. The predicted molar refractivity (Wildman–Crippen MR) is 78.1 cm³/mol. The van der Waals surface area contributed by atoms with Gasteiger partial charge in [0.25, 0.3) is 5.91 Å². The topological polar surface area (TPSA) is 44.1 Å². The lowest BCUT2D eigenvalue weighted by Gasteiger charge is -2.38. The monoisotopic (exact) mass is 374 g/mol. The van der Waals surface area contributed by atoms with Crippen molar-refractivity contribution in [2.75, 3.05) is 6.54 Å². The number of carbonyl (C=O) groups is 1. The number of amides is 1. The zero-order chi connectivity index (χ0) is 16.5. The number of nitrogens with zero attached hydrogens (tertiary/aromatic N) is 2. The van der Waals surface area contributed by atoms with Crippen LogP contribution in [0.15, 0.2) is 22.7 Å². The van der Waals surface area contributed by atoms with Gasteiger partial charge in [0.2, 0.25) is 0 Å². The summed E-state index contributed by atoms with van der Waals surface area (Å²) in [6.45, 7) is 1.37. The number of nitriles is 1. The average molecular weight is 375 g/mol. The Morgan fingerprint density at radius 2 is 2.09 bits per heavy atom. The third kappa shape index (κ3) is 3.43. The molecule has 0 spiro atoms. The Hall–Kier alpha value is -1.55. The van der Waals surface area contributed by atoms with Crippen LogP contribution in [0.1, 0.15) is 35.7 Å². The number of hydrogen-bond acceptors (Lipinski definition) is 2. The summed E-state index contributed by atoms with van der Waals surface area (Å²) >= 11 is 3.20. The van der Waals surface area contributed by atoms with Crippen LogP contribution in [0.4, 0.5) is 13.2 Å². The normalized spacial score (nSPS) is 22.3. The number of hydrogen-bond donors (Lipinski definition) is 0. The van der Waals surface area contributed by atoms with Gasteiger partial charge in [-0.25, -0.2) is 0 Å². The molecule has 0 radical (unpaired) electrons. The summed E-state index contributed by atoms with van der Waals surface area (Å²) in [6, 6.07) is 6.19. The molecule has 1 aromatic carbocycles. The smallest absolute Gasteiger partial charge is 0.335 e. The maximum absolute atomic E-state index is 12.9. The predicted octanol–water partition coefficient (Wildman–Crippen LogP) is 4.12. The van der Waals surface area contributed by atoms with E-state index in [2.05, 4.69) is 15.9 Å². The van der Waals surface area contributed by atoms with Crippen molar-refractivity contribution in [2.45, 2.75) is 32.0 Å². The van der Waals surface area contributed by atoms with Crippen LogP contribution in [0.2, 0.25) is 0 Å². The molecule has 0 aliphatic carbocycles. The summed E-state index contributed by atoms with van der Waals surface area (Å²) in [4.78, 5) is 13.8. The highest BCUT2D eigenvalue weighted by Gasteiger charge is 2.44. The van der Waals surface area contributed by atoms with E-state index in [1.807, 2.05) is 6.07 Å². The van der Waals surface area contributed by atoms with Gasteiger partial charge in [-0.2, -0.15) is 18.4 Å². The number of benzene rings is 1. The third-order valence-electron chi connectivity index (χ3n) is 3.94. The number of alkyl halides is 3. The molecule has 1 saturated heterocycles. The molecule has 2 atom stereocenters. The first-order valence-electron chi connectivity index (χ1n) is 6.81. The fourth-order valence-corrected chi connectivity index (χ4v) is 2.97. The van der Waals surface area contributed by atoms with E-state index in [1.54, 1.807) is 13.0 Å². The Labute approximate surface area is 134 Å². The van der Waals surface area contributed by atoms with Gasteiger partial charge in [0.15, 0.2) is 0 Å². The van der Waals surface area contributed by atoms with Crippen LogP contribution in [0, 0.1) is 17.2 Å². The molecule has 2 unspecified atom stereocenters. The van der Waals surface area contributed by atoms with Crippen molar-refractivity contribution >= 4 is 21.8 Å². The Kier molecular flexibility index (Phi) is 4.81. The first kappa shape index (κ1) is 16.8. The number of rotatable bonds is 1. The van der Waals surface area contributed by atoms with E-state index >= 15 is 0 Å². The van der Waals surface area contributed by atoms with Crippen LogP contribution in [0.3, 0.4) is 0 Å². The summed E-state index contributed by atoms with van der Waals surface area (Å²) in [7, 11) is 0. The SMILES string of the molecule is CC1CCC(C(F)(F)F)CN1C(=O)c1ccc(Br)cc1C#N. The molecular weight excluding hydrogens is 361 g/mol. The number of halogens is 4. The first-order chi connectivity index (χ1) is 10.2. The quantitative estimate of drug-likeness (QED) is 0.741. The summed E-state index contributed by atoms with van der Waals surface area (Å²) in [5, 5.41) is 9.12. The number of likely N-dealkylation sites (tertiary alicyclic amines) is 1. The number of carbonyl (C=O) groups excluding carboxylic acids is 1. The highest BCUT2D eigenvalue weighted by atomic mass is 79.9. The van der Waals surface area contributed by atoms with Crippen molar-refractivity contribution in [3.05, 3.63) is 33.8 Å². The van der Waals surface area contributed by atoms with Gasteiger partial charge in [-0.1, -0.05) is 15.9 Å². The van der Waals surface area contributed by atoms with Crippen molar-refractivity contribution in [3.63, 3.8) is 0 Å². The fourth-order valence-electron chi connectivity index (χ4n) is 2.61. The van der Waals surface area contributed by atoms with E-state index in [1.165, 1.54) is 17.0 Å². The van der Waals surface area contributed by atoms with Crippen LogP contribution < -0.4 is 0 Å². The van der Waals surface area contributed by atoms with Gasteiger partial charge in [0, 0.05) is 17.1 Å². The lowest BCUT2D eigenvalue weighted by molar-refractivity contribution is -0.186. The van der Waals surface area contributed by atoms with Crippen LogP contribution in [0.5, 0.6) is 0 Å².